The number of sulfone groups is 1. The van der Waals surface area contributed by atoms with Crippen LogP contribution in [0.25, 0.3) is 0 Å². The van der Waals surface area contributed by atoms with E-state index < -0.39 is 21.6 Å². The van der Waals surface area contributed by atoms with E-state index in [1.807, 2.05) is 0 Å². The molecule has 0 N–H and O–H groups in total. The Bertz CT molecular complexity index is 781. The quantitative estimate of drug-likeness (QED) is 0.800. The summed E-state index contributed by atoms with van der Waals surface area (Å²) in [5.41, 5.74) is 0.255. The third-order valence-corrected chi connectivity index (χ3v) is 4.41. The van der Waals surface area contributed by atoms with Gasteiger partial charge in [0.25, 0.3) is 0 Å². The molecular formula is C15H12ClFO4S. The predicted molar refractivity (Wildman–Crippen MR) is 80.1 cm³/mol. The van der Waals surface area contributed by atoms with Crippen molar-refractivity contribution >= 4 is 27.4 Å². The van der Waals surface area contributed by atoms with Crippen LogP contribution in [0.3, 0.4) is 0 Å². The number of halogens is 2. The van der Waals surface area contributed by atoms with E-state index in [4.69, 9.17) is 16.3 Å². The lowest BCUT2D eigenvalue weighted by Crippen LogP contribution is -2.07. The van der Waals surface area contributed by atoms with Gasteiger partial charge < -0.3 is 4.74 Å². The zero-order valence-corrected chi connectivity index (χ0v) is 13.1. The van der Waals surface area contributed by atoms with Crippen LogP contribution < -0.4 is 0 Å². The highest BCUT2D eigenvalue weighted by molar-refractivity contribution is 7.90. The van der Waals surface area contributed by atoms with E-state index in [9.17, 15) is 17.6 Å². The monoisotopic (exact) mass is 342 g/mol. The fraction of sp³-hybridized carbons (Fsp3) is 0.133. The Morgan fingerprint density at radius 3 is 2.36 bits per heavy atom. The molecule has 7 heteroatoms. The van der Waals surface area contributed by atoms with Crippen molar-refractivity contribution in [2.24, 2.45) is 0 Å². The second-order valence-corrected chi connectivity index (χ2v) is 7.00. The van der Waals surface area contributed by atoms with Crippen LogP contribution in [-0.4, -0.2) is 20.6 Å². The second-order valence-electron chi connectivity index (χ2n) is 4.57. The van der Waals surface area contributed by atoms with Crippen molar-refractivity contribution < 1.29 is 22.3 Å². The first-order chi connectivity index (χ1) is 10.3. The molecule has 4 nitrogen and oxygen atoms in total. The summed E-state index contributed by atoms with van der Waals surface area (Å²) in [4.78, 5) is 12.0. The van der Waals surface area contributed by atoms with E-state index in [1.54, 1.807) is 0 Å². The SMILES string of the molecule is CS(=O)(=O)c1ccc(C(=O)OCc2c(F)cccc2Cl)cc1. The minimum absolute atomic E-state index is 0.0882. The Balaban J connectivity index is 2.10. The first-order valence-corrected chi connectivity index (χ1v) is 8.46. The molecule has 2 aromatic rings. The van der Waals surface area contributed by atoms with Crippen LogP contribution in [0.4, 0.5) is 4.39 Å². The van der Waals surface area contributed by atoms with E-state index >= 15 is 0 Å². The van der Waals surface area contributed by atoms with E-state index in [0.717, 1.165) is 6.26 Å². The number of hydrogen-bond donors (Lipinski definition) is 0. The highest BCUT2D eigenvalue weighted by Crippen LogP contribution is 2.20. The fourth-order valence-corrected chi connectivity index (χ4v) is 2.58. The lowest BCUT2D eigenvalue weighted by atomic mass is 10.2. The Hall–Kier alpha value is -1.92. The summed E-state index contributed by atoms with van der Waals surface area (Å²) in [5, 5.41) is 0.167. The first-order valence-electron chi connectivity index (χ1n) is 6.19. The lowest BCUT2D eigenvalue weighted by molar-refractivity contribution is 0.0469. The Morgan fingerprint density at radius 2 is 1.82 bits per heavy atom. The molecule has 116 valence electrons. The number of carbonyl (C=O) groups is 1. The Kier molecular flexibility index (Phi) is 4.83. The number of benzene rings is 2. The molecule has 2 aromatic carbocycles. The van der Waals surface area contributed by atoms with E-state index in [0.29, 0.717) is 0 Å². The zero-order valence-electron chi connectivity index (χ0n) is 11.5. The summed E-state index contributed by atoms with van der Waals surface area (Å²) in [6.07, 6.45) is 1.07. The Morgan fingerprint density at radius 1 is 1.18 bits per heavy atom. The van der Waals surface area contributed by atoms with E-state index in [-0.39, 0.29) is 27.7 Å². The van der Waals surface area contributed by atoms with Crippen LogP contribution in [0.1, 0.15) is 15.9 Å². The van der Waals surface area contributed by atoms with Crippen LogP contribution in [0.2, 0.25) is 5.02 Å². The highest BCUT2D eigenvalue weighted by atomic mass is 35.5. The molecule has 0 heterocycles. The largest absolute Gasteiger partial charge is 0.457 e. The number of rotatable bonds is 4. The van der Waals surface area contributed by atoms with Crippen LogP contribution in [-0.2, 0) is 21.2 Å². The van der Waals surface area contributed by atoms with Gasteiger partial charge in [-0.05, 0) is 36.4 Å². The predicted octanol–water partition coefficient (Wildman–Crippen LogP) is 3.24. The van der Waals surface area contributed by atoms with Gasteiger partial charge >= 0.3 is 5.97 Å². The molecule has 0 atom stereocenters. The van der Waals surface area contributed by atoms with Crippen LogP contribution in [0.5, 0.6) is 0 Å². The highest BCUT2D eigenvalue weighted by Gasteiger charge is 2.13. The molecule has 0 amide bonds. The van der Waals surface area contributed by atoms with Gasteiger partial charge in [0, 0.05) is 11.8 Å². The standard InChI is InChI=1S/C15H12ClFO4S/c1-22(19,20)11-7-5-10(6-8-11)15(18)21-9-12-13(16)3-2-4-14(12)17/h2-8H,9H2,1H3. The van der Waals surface area contributed by atoms with Crippen molar-refractivity contribution in [1.29, 1.82) is 0 Å². The molecule has 0 radical (unpaired) electrons. The number of ether oxygens (including phenoxy) is 1. The molecule has 0 aliphatic carbocycles. The van der Waals surface area contributed by atoms with Gasteiger partial charge in [-0.15, -0.1) is 0 Å². The van der Waals surface area contributed by atoms with Gasteiger partial charge in [0.2, 0.25) is 0 Å². The third-order valence-electron chi connectivity index (χ3n) is 2.93. The average molecular weight is 343 g/mol. The Labute approximate surface area is 132 Å². The molecule has 0 aliphatic heterocycles. The molecule has 0 saturated heterocycles. The van der Waals surface area contributed by atoms with Crippen molar-refractivity contribution in [2.45, 2.75) is 11.5 Å². The lowest BCUT2D eigenvalue weighted by Gasteiger charge is -2.08. The molecular weight excluding hydrogens is 331 g/mol. The molecule has 22 heavy (non-hydrogen) atoms. The van der Waals surface area contributed by atoms with Gasteiger partial charge in [-0.1, -0.05) is 17.7 Å². The van der Waals surface area contributed by atoms with Gasteiger partial charge in [0.15, 0.2) is 9.84 Å². The van der Waals surface area contributed by atoms with Crippen molar-refractivity contribution in [2.75, 3.05) is 6.26 Å². The van der Waals surface area contributed by atoms with Gasteiger partial charge in [-0.2, -0.15) is 0 Å². The van der Waals surface area contributed by atoms with Gasteiger partial charge in [0.05, 0.1) is 15.5 Å². The van der Waals surface area contributed by atoms with E-state index in [2.05, 4.69) is 0 Å². The minimum Gasteiger partial charge on any atom is -0.457 e. The number of hydrogen-bond acceptors (Lipinski definition) is 4. The normalized spacial score (nSPS) is 11.2. The molecule has 0 spiro atoms. The minimum atomic E-state index is -3.33. The number of esters is 1. The average Bonchev–Trinajstić information content (AvgIpc) is 2.46. The molecule has 0 unspecified atom stereocenters. The zero-order chi connectivity index (χ0) is 16.3. The second kappa shape index (κ2) is 6.46. The molecule has 0 aliphatic rings. The third kappa shape index (κ3) is 3.84. The molecule has 0 fully saturated rings. The van der Waals surface area contributed by atoms with Crippen molar-refractivity contribution in [3.8, 4) is 0 Å². The van der Waals surface area contributed by atoms with Gasteiger partial charge in [-0.3, -0.25) is 0 Å². The maximum Gasteiger partial charge on any atom is 0.338 e. The molecule has 0 aromatic heterocycles. The molecule has 0 saturated carbocycles. The summed E-state index contributed by atoms with van der Waals surface area (Å²) in [5.74, 6) is -1.26. The fourth-order valence-electron chi connectivity index (χ4n) is 1.73. The van der Waals surface area contributed by atoms with E-state index in [1.165, 1.54) is 42.5 Å². The van der Waals surface area contributed by atoms with Gasteiger partial charge in [-0.25, -0.2) is 17.6 Å². The van der Waals surface area contributed by atoms with Crippen molar-refractivity contribution in [3.63, 3.8) is 0 Å². The van der Waals surface area contributed by atoms with Crippen LogP contribution in [0.15, 0.2) is 47.4 Å². The summed E-state index contributed by atoms with van der Waals surface area (Å²) < 4.78 is 41.2. The van der Waals surface area contributed by atoms with Crippen LogP contribution >= 0.6 is 11.6 Å². The maximum atomic E-state index is 13.5. The number of carbonyl (C=O) groups excluding carboxylic acids is 1. The molecule has 0 bridgehead atoms. The summed E-state index contributed by atoms with van der Waals surface area (Å²) in [6.45, 7) is -0.307. The summed E-state index contributed by atoms with van der Waals surface area (Å²) in [7, 11) is -3.33. The topological polar surface area (TPSA) is 60.4 Å². The van der Waals surface area contributed by atoms with Gasteiger partial charge in [0.1, 0.15) is 12.4 Å². The first kappa shape index (κ1) is 16.5. The van der Waals surface area contributed by atoms with Crippen molar-refractivity contribution in [1.82, 2.24) is 0 Å². The van der Waals surface area contributed by atoms with Crippen LogP contribution in [0, 0.1) is 5.82 Å². The molecule has 2 rings (SSSR count). The summed E-state index contributed by atoms with van der Waals surface area (Å²) in [6, 6.07) is 9.45. The summed E-state index contributed by atoms with van der Waals surface area (Å²) >= 11 is 5.83. The smallest absolute Gasteiger partial charge is 0.338 e. The van der Waals surface area contributed by atoms with Crippen molar-refractivity contribution in [3.05, 3.63) is 64.4 Å². The maximum absolute atomic E-state index is 13.5.